The van der Waals surface area contributed by atoms with Gasteiger partial charge in [-0.1, -0.05) is 6.08 Å². The van der Waals surface area contributed by atoms with Gasteiger partial charge in [-0.15, -0.1) is 0 Å². The van der Waals surface area contributed by atoms with Crippen molar-refractivity contribution in [3.63, 3.8) is 0 Å². The smallest absolute Gasteiger partial charge is 0.380 e. The molecule has 24 heavy (non-hydrogen) atoms. The molecule has 0 saturated carbocycles. The highest BCUT2D eigenvalue weighted by Crippen LogP contribution is 2.36. The van der Waals surface area contributed by atoms with Gasteiger partial charge in [0, 0.05) is 37.4 Å². The largest absolute Gasteiger partial charge is 0.435 e. The highest BCUT2D eigenvalue weighted by molar-refractivity contribution is 5.80. The van der Waals surface area contributed by atoms with Crippen molar-refractivity contribution < 1.29 is 22.7 Å². The van der Waals surface area contributed by atoms with E-state index in [-0.39, 0.29) is 17.9 Å². The molecule has 1 atom stereocenters. The van der Waals surface area contributed by atoms with Crippen molar-refractivity contribution in [3.8, 4) is 0 Å². The Hall–Kier alpha value is -1.83. The summed E-state index contributed by atoms with van der Waals surface area (Å²) in [7, 11) is 1.63. The van der Waals surface area contributed by atoms with Gasteiger partial charge in [0.25, 0.3) is 0 Å². The van der Waals surface area contributed by atoms with Crippen molar-refractivity contribution in [1.82, 2.24) is 15.1 Å². The van der Waals surface area contributed by atoms with E-state index in [1.807, 2.05) is 6.08 Å². The third-order valence-corrected chi connectivity index (χ3v) is 4.71. The zero-order valence-electron chi connectivity index (χ0n) is 13.4. The predicted molar refractivity (Wildman–Crippen MR) is 80.3 cm³/mol. The molecule has 1 N–H and O–H groups in total. The Morgan fingerprint density at radius 3 is 2.88 bits per heavy atom. The van der Waals surface area contributed by atoms with E-state index in [0.717, 1.165) is 12.0 Å². The minimum absolute atomic E-state index is 0.0670. The highest BCUT2D eigenvalue weighted by atomic mass is 19.4. The van der Waals surface area contributed by atoms with Crippen molar-refractivity contribution in [3.05, 3.63) is 28.6 Å². The van der Waals surface area contributed by atoms with Crippen molar-refractivity contribution in [1.29, 1.82) is 0 Å². The minimum Gasteiger partial charge on any atom is -0.380 e. The predicted octanol–water partition coefficient (Wildman–Crippen LogP) is 2.34. The number of H-pyrrole nitrogens is 1. The number of aromatic amines is 1. The van der Waals surface area contributed by atoms with E-state index in [2.05, 4.69) is 10.2 Å². The minimum atomic E-state index is -4.49. The number of carbonyl (C=O) groups is 1. The fraction of sp³-hybridized carbons (Fsp3) is 0.625. The number of methoxy groups -OCH3 is 1. The van der Waals surface area contributed by atoms with Crippen LogP contribution in [0.3, 0.4) is 0 Å². The molecule has 2 aliphatic rings. The Morgan fingerprint density at radius 1 is 1.46 bits per heavy atom. The molecule has 1 aliphatic carbocycles. The van der Waals surface area contributed by atoms with Gasteiger partial charge >= 0.3 is 6.18 Å². The van der Waals surface area contributed by atoms with Crippen LogP contribution in [0.4, 0.5) is 13.2 Å². The van der Waals surface area contributed by atoms with Gasteiger partial charge in [0.2, 0.25) is 5.91 Å². The average Bonchev–Trinajstić information content (AvgIpc) is 2.98. The highest BCUT2D eigenvalue weighted by Gasteiger charge is 2.41. The van der Waals surface area contributed by atoms with E-state index < -0.39 is 17.8 Å². The Labute approximate surface area is 137 Å². The first-order chi connectivity index (χ1) is 11.4. The molecular formula is C16H20F3N3O2. The van der Waals surface area contributed by atoms with E-state index >= 15 is 0 Å². The van der Waals surface area contributed by atoms with Crippen LogP contribution in [0.25, 0.3) is 0 Å². The van der Waals surface area contributed by atoms with Crippen LogP contribution in [0, 0.1) is 5.92 Å². The van der Waals surface area contributed by atoms with Crippen LogP contribution in [0.1, 0.15) is 29.8 Å². The third-order valence-electron chi connectivity index (χ3n) is 4.71. The lowest BCUT2D eigenvalue weighted by Gasteiger charge is -2.31. The Bertz CT molecular complexity index is 651. The maximum Gasteiger partial charge on any atom is 0.435 e. The molecular weight excluding hydrogens is 323 g/mol. The summed E-state index contributed by atoms with van der Waals surface area (Å²) in [5.41, 5.74) is 0.935. The van der Waals surface area contributed by atoms with Gasteiger partial charge in [0.05, 0.1) is 6.61 Å². The third kappa shape index (κ3) is 3.33. The van der Waals surface area contributed by atoms with E-state index in [9.17, 15) is 18.0 Å². The van der Waals surface area contributed by atoms with Crippen molar-refractivity contribution in [2.45, 2.75) is 31.9 Å². The molecule has 0 saturated heterocycles. The summed E-state index contributed by atoms with van der Waals surface area (Å²) in [6.07, 6.45) is -0.693. The molecule has 0 aromatic carbocycles. The second-order valence-corrected chi connectivity index (χ2v) is 6.30. The lowest BCUT2D eigenvalue weighted by molar-refractivity contribution is -0.143. The molecule has 8 heteroatoms. The molecule has 2 heterocycles. The van der Waals surface area contributed by atoms with Gasteiger partial charge < -0.3 is 9.64 Å². The number of halogens is 3. The number of carbonyl (C=O) groups excluding carboxylic acids is 1. The van der Waals surface area contributed by atoms with Gasteiger partial charge in [0.1, 0.15) is 0 Å². The number of alkyl halides is 3. The number of aryl methyl sites for hydroxylation is 1. The van der Waals surface area contributed by atoms with Crippen LogP contribution in [0.2, 0.25) is 0 Å². The van der Waals surface area contributed by atoms with Crippen LogP contribution in [-0.4, -0.2) is 47.8 Å². The molecule has 0 radical (unpaired) electrons. The molecule has 0 fully saturated rings. The lowest BCUT2D eigenvalue weighted by Crippen LogP contribution is -2.41. The summed E-state index contributed by atoms with van der Waals surface area (Å²) in [5, 5.41) is 5.88. The van der Waals surface area contributed by atoms with Crippen LogP contribution in [0.15, 0.2) is 11.6 Å². The van der Waals surface area contributed by atoms with E-state index in [1.54, 1.807) is 12.0 Å². The van der Waals surface area contributed by atoms with Gasteiger partial charge in [-0.2, -0.15) is 18.3 Å². The number of hydrogen-bond acceptors (Lipinski definition) is 3. The van der Waals surface area contributed by atoms with Crippen molar-refractivity contribution >= 4 is 5.91 Å². The van der Waals surface area contributed by atoms with Gasteiger partial charge in [-0.25, -0.2) is 0 Å². The number of fused-ring (bicyclic) bond motifs is 1. The summed E-state index contributed by atoms with van der Waals surface area (Å²) in [6, 6.07) is 0. The fourth-order valence-electron chi connectivity index (χ4n) is 3.43. The van der Waals surface area contributed by atoms with Crippen LogP contribution in [0.5, 0.6) is 0 Å². The second kappa shape index (κ2) is 6.58. The second-order valence-electron chi connectivity index (χ2n) is 6.30. The Kier molecular flexibility index (Phi) is 4.67. The summed E-state index contributed by atoms with van der Waals surface area (Å²) in [4.78, 5) is 14.4. The van der Waals surface area contributed by atoms with E-state index in [4.69, 9.17) is 4.74 Å². The zero-order valence-corrected chi connectivity index (χ0v) is 13.4. The van der Waals surface area contributed by atoms with E-state index in [1.165, 1.54) is 0 Å². The zero-order chi connectivity index (χ0) is 17.3. The first-order valence-electron chi connectivity index (χ1n) is 7.99. The number of hydrogen-bond donors (Lipinski definition) is 1. The normalized spacial score (nSPS) is 21.4. The molecule has 3 rings (SSSR count). The number of ether oxygens (including phenoxy) is 1. The number of nitrogens with zero attached hydrogens (tertiary/aromatic N) is 2. The van der Waals surface area contributed by atoms with E-state index in [0.29, 0.717) is 38.2 Å². The summed E-state index contributed by atoms with van der Waals surface area (Å²) < 4.78 is 44.1. The molecule has 1 aromatic rings. The molecule has 1 aliphatic heterocycles. The Morgan fingerprint density at radius 2 is 2.25 bits per heavy atom. The standard InChI is InChI=1S/C16H20F3N3O2/c1-24-9-10-4-6-22(7-5-10)15(23)11-2-3-13-12(8-11)14(21-20-13)16(17,18)19/h4,11H,2-3,5-9H2,1H3,(H,20,21)/t11-/m1/s1. The number of amides is 1. The van der Waals surface area contributed by atoms with Crippen LogP contribution in [-0.2, 0) is 28.5 Å². The SMILES string of the molecule is COCC1=CCN(C(=O)[C@@H]2CCc3[nH]nc(C(F)(F)F)c3C2)CC1. The van der Waals surface area contributed by atoms with Gasteiger partial charge in [-0.05, 0) is 31.3 Å². The molecule has 1 aromatic heterocycles. The van der Waals surface area contributed by atoms with Crippen molar-refractivity contribution in [2.24, 2.45) is 5.92 Å². The summed E-state index contributed by atoms with van der Waals surface area (Å²) >= 11 is 0. The molecule has 5 nitrogen and oxygen atoms in total. The fourth-order valence-corrected chi connectivity index (χ4v) is 3.43. The van der Waals surface area contributed by atoms with Crippen LogP contribution < -0.4 is 0 Å². The van der Waals surface area contributed by atoms with Crippen LogP contribution >= 0.6 is 0 Å². The lowest BCUT2D eigenvalue weighted by atomic mass is 9.85. The molecule has 132 valence electrons. The number of aromatic nitrogens is 2. The summed E-state index contributed by atoms with van der Waals surface area (Å²) in [6.45, 7) is 1.64. The first-order valence-corrected chi connectivity index (χ1v) is 7.99. The first kappa shape index (κ1) is 17.0. The van der Waals surface area contributed by atoms with Crippen molar-refractivity contribution in [2.75, 3.05) is 26.8 Å². The van der Waals surface area contributed by atoms with Gasteiger partial charge in [-0.3, -0.25) is 9.89 Å². The molecule has 1 amide bonds. The maximum absolute atomic E-state index is 13.0. The quantitative estimate of drug-likeness (QED) is 0.857. The maximum atomic E-state index is 13.0. The Balaban J connectivity index is 1.69. The molecule has 0 unspecified atom stereocenters. The summed E-state index contributed by atoms with van der Waals surface area (Å²) in [5.74, 6) is -0.476. The molecule has 0 bridgehead atoms. The van der Waals surface area contributed by atoms with Gasteiger partial charge in [0.15, 0.2) is 5.69 Å². The average molecular weight is 343 g/mol. The topological polar surface area (TPSA) is 58.2 Å². The number of rotatable bonds is 3. The monoisotopic (exact) mass is 343 g/mol. The molecule has 0 spiro atoms. The number of nitrogens with one attached hydrogen (secondary N) is 1.